The van der Waals surface area contributed by atoms with Crippen LogP contribution in [0.3, 0.4) is 0 Å². The van der Waals surface area contributed by atoms with E-state index in [2.05, 4.69) is 20.3 Å². The number of nitrogens with zero attached hydrogens (tertiary/aromatic N) is 4. The van der Waals surface area contributed by atoms with E-state index in [1.165, 1.54) is 18.6 Å². The Kier molecular flexibility index (Phi) is 3.89. The lowest BCUT2D eigenvalue weighted by molar-refractivity contribution is 0.0917. The van der Waals surface area contributed by atoms with Gasteiger partial charge in [-0.05, 0) is 5.92 Å². The van der Waals surface area contributed by atoms with E-state index >= 15 is 0 Å². The van der Waals surface area contributed by atoms with Crippen molar-refractivity contribution in [3.8, 4) is 0 Å². The first kappa shape index (κ1) is 13.2. The van der Waals surface area contributed by atoms with Crippen LogP contribution in [0, 0.1) is 5.92 Å². The van der Waals surface area contributed by atoms with E-state index in [9.17, 15) is 4.79 Å². The van der Waals surface area contributed by atoms with E-state index < -0.39 is 0 Å². The van der Waals surface area contributed by atoms with E-state index in [1.807, 2.05) is 31.7 Å². The summed E-state index contributed by atoms with van der Waals surface area (Å²) < 4.78 is 1.90. The Bertz CT molecular complexity index is 549. The van der Waals surface area contributed by atoms with Gasteiger partial charge in [0.25, 0.3) is 5.91 Å². The fourth-order valence-electron chi connectivity index (χ4n) is 1.84. The SMILES string of the molecule is CC(C)[C@H](NC(=O)c1cnccn1)c1nccn1C. The standard InChI is InChI=1S/C13H17N5O/c1-9(2)11(12-16-6-7-18(12)3)17-13(19)10-8-14-4-5-15-10/h4-9,11H,1-3H3,(H,17,19)/t11-/m0/s1. The molecule has 6 nitrogen and oxygen atoms in total. The molecular formula is C13H17N5O. The molecular weight excluding hydrogens is 242 g/mol. The second-order valence-corrected chi connectivity index (χ2v) is 4.68. The second kappa shape index (κ2) is 5.60. The third-order valence-electron chi connectivity index (χ3n) is 2.89. The van der Waals surface area contributed by atoms with Crippen LogP contribution in [0.4, 0.5) is 0 Å². The molecule has 100 valence electrons. The average molecular weight is 259 g/mol. The van der Waals surface area contributed by atoms with Gasteiger partial charge in [0.15, 0.2) is 0 Å². The lowest BCUT2D eigenvalue weighted by atomic mass is 10.0. The van der Waals surface area contributed by atoms with E-state index in [0.29, 0.717) is 5.69 Å². The van der Waals surface area contributed by atoms with Gasteiger partial charge in [-0.3, -0.25) is 9.78 Å². The highest BCUT2D eigenvalue weighted by Gasteiger charge is 2.22. The van der Waals surface area contributed by atoms with Crippen LogP contribution in [0.1, 0.15) is 36.2 Å². The Balaban J connectivity index is 2.19. The molecule has 19 heavy (non-hydrogen) atoms. The third-order valence-corrected chi connectivity index (χ3v) is 2.89. The number of hydrogen-bond acceptors (Lipinski definition) is 4. The first-order valence-corrected chi connectivity index (χ1v) is 6.13. The van der Waals surface area contributed by atoms with E-state index in [4.69, 9.17) is 0 Å². The smallest absolute Gasteiger partial charge is 0.272 e. The zero-order chi connectivity index (χ0) is 13.8. The number of imidazole rings is 1. The maximum atomic E-state index is 12.1. The Hall–Kier alpha value is -2.24. The highest BCUT2D eigenvalue weighted by molar-refractivity contribution is 5.92. The summed E-state index contributed by atoms with van der Waals surface area (Å²) in [5.74, 6) is 0.809. The maximum Gasteiger partial charge on any atom is 0.272 e. The van der Waals surface area contributed by atoms with Crippen LogP contribution in [0.2, 0.25) is 0 Å². The van der Waals surface area contributed by atoms with Crippen molar-refractivity contribution >= 4 is 5.91 Å². The molecule has 2 rings (SSSR count). The number of aryl methyl sites for hydroxylation is 1. The molecule has 0 aromatic carbocycles. The molecule has 0 unspecified atom stereocenters. The van der Waals surface area contributed by atoms with Crippen molar-refractivity contribution < 1.29 is 4.79 Å². The van der Waals surface area contributed by atoms with Gasteiger partial charge in [-0.1, -0.05) is 13.8 Å². The molecule has 0 aliphatic heterocycles. The number of carbonyl (C=O) groups is 1. The van der Waals surface area contributed by atoms with E-state index in [0.717, 1.165) is 5.82 Å². The summed E-state index contributed by atoms with van der Waals surface area (Å²) in [7, 11) is 1.91. The minimum absolute atomic E-state index is 0.158. The lowest BCUT2D eigenvalue weighted by Crippen LogP contribution is -2.34. The molecule has 1 N–H and O–H groups in total. The summed E-state index contributed by atoms with van der Waals surface area (Å²) >= 11 is 0. The molecule has 0 fully saturated rings. The van der Waals surface area contributed by atoms with Crippen molar-refractivity contribution in [2.75, 3.05) is 0 Å². The summed E-state index contributed by atoms with van der Waals surface area (Å²) in [6, 6.07) is -0.158. The number of carbonyl (C=O) groups excluding carboxylic acids is 1. The molecule has 2 aromatic heterocycles. The summed E-state index contributed by atoms with van der Waals surface area (Å²) in [6.45, 7) is 4.08. The fraction of sp³-hybridized carbons (Fsp3) is 0.385. The second-order valence-electron chi connectivity index (χ2n) is 4.68. The molecule has 0 spiro atoms. The van der Waals surface area contributed by atoms with Crippen molar-refractivity contribution in [2.24, 2.45) is 13.0 Å². The zero-order valence-corrected chi connectivity index (χ0v) is 11.2. The van der Waals surface area contributed by atoms with Crippen molar-refractivity contribution in [1.29, 1.82) is 0 Å². The van der Waals surface area contributed by atoms with Crippen molar-refractivity contribution in [3.05, 3.63) is 42.5 Å². The molecule has 0 saturated heterocycles. The number of amides is 1. The van der Waals surface area contributed by atoms with Gasteiger partial charge in [0.2, 0.25) is 0 Å². The minimum Gasteiger partial charge on any atom is -0.340 e. The highest BCUT2D eigenvalue weighted by Crippen LogP contribution is 2.19. The molecule has 0 aliphatic rings. The van der Waals surface area contributed by atoms with Gasteiger partial charge in [-0.15, -0.1) is 0 Å². The van der Waals surface area contributed by atoms with Gasteiger partial charge in [0.05, 0.1) is 12.2 Å². The molecule has 0 bridgehead atoms. The average Bonchev–Trinajstić information content (AvgIpc) is 2.82. The quantitative estimate of drug-likeness (QED) is 0.899. The summed E-state index contributed by atoms with van der Waals surface area (Å²) in [4.78, 5) is 24.3. The predicted octanol–water partition coefficient (Wildman–Crippen LogP) is 1.34. The Morgan fingerprint density at radius 2 is 2.05 bits per heavy atom. The zero-order valence-electron chi connectivity index (χ0n) is 11.2. The number of nitrogens with one attached hydrogen (secondary N) is 1. The van der Waals surface area contributed by atoms with E-state index in [-0.39, 0.29) is 17.9 Å². The van der Waals surface area contributed by atoms with Gasteiger partial charge in [0.1, 0.15) is 11.5 Å². The Morgan fingerprint density at radius 3 is 2.58 bits per heavy atom. The third kappa shape index (κ3) is 2.96. The predicted molar refractivity (Wildman–Crippen MR) is 70.3 cm³/mol. The molecule has 1 amide bonds. The molecule has 0 radical (unpaired) electrons. The largest absolute Gasteiger partial charge is 0.340 e. The van der Waals surface area contributed by atoms with Gasteiger partial charge >= 0.3 is 0 Å². The van der Waals surface area contributed by atoms with Gasteiger partial charge in [-0.25, -0.2) is 9.97 Å². The number of hydrogen-bond donors (Lipinski definition) is 1. The van der Waals surface area contributed by atoms with Crippen LogP contribution in [-0.4, -0.2) is 25.4 Å². The van der Waals surface area contributed by atoms with Crippen molar-refractivity contribution in [3.63, 3.8) is 0 Å². The first-order chi connectivity index (χ1) is 9.09. The van der Waals surface area contributed by atoms with Crippen LogP contribution < -0.4 is 5.32 Å². The van der Waals surface area contributed by atoms with Crippen molar-refractivity contribution in [1.82, 2.24) is 24.8 Å². The fourth-order valence-corrected chi connectivity index (χ4v) is 1.84. The molecule has 1 atom stereocenters. The molecule has 2 aromatic rings. The number of rotatable bonds is 4. The normalized spacial score (nSPS) is 12.4. The van der Waals surface area contributed by atoms with E-state index in [1.54, 1.807) is 6.20 Å². The topological polar surface area (TPSA) is 72.7 Å². The van der Waals surface area contributed by atoms with Gasteiger partial charge < -0.3 is 9.88 Å². The van der Waals surface area contributed by atoms with Crippen LogP contribution in [0.15, 0.2) is 31.0 Å². The monoisotopic (exact) mass is 259 g/mol. The Morgan fingerprint density at radius 1 is 1.26 bits per heavy atom. The van der Waals surface area contributed by atoms with Gasteiger partial charge in [-0.2, -0.15) is 0 Å². The minimum atomic E-state index is -0.241. The van der Waals surface area contributed by atoms with Gasteiger partial charge in [0, 0.05) is 31.8 Å². The molecule has 6 heteroatoms. The lowest BCUT2D eigenvalue weighted by Gasteiger charge is -2.21. The first-order valence-electron chi connectivity index (χ1n) is 6.13. The highest BCUT2D eigenvalue weighted by atomic mass is 16.2. The maximum absolute atomic E-state index is 12.1. The molecule has 2 heterocycles. The van der Waals surface area contributed by atoms with Crippen LogP contribution in [0.25, 0.3) is 0 Å². The van der Waals surface area contributed by atoms with Crippen LogP contribution in [-0.2, 0) is 7.05 Å². The summed E-state index contributed by atoms with van der Waals surface area (Å²) in [5.41, 5.74) is 0.308. The summed E-state index contributed by atoms with van der Waals surface area (Å²) in [6.07, 6.45) is 8.07. The molecule has 0 saturated carbocycles. The summed E-state index contributed by atoms with van der Waals surface area (Å²) in [5, 5.41) is 2.95. The van der Waals surface area contributed by atoms with Crippen LogP contribution in [0.5, 0.6) is 0 Å². The number of aromatic nitrogens is 4. The molecule has 0 aliphatic carbocycles. The van der Waals surface area contributed by atoms with Crippen LogP contribution >= 0.6 is 0 Å². The van der Waals surface area contributed by atoms with Crippen molar-refractivity contribution in [2.45, 2.75) is 19.9 Å². The Labute approximate surface area is 111 Å².